The second kappa shape index (κ2) is 6.81. The first-order chi connectivity index (χ1) is 11.6. The molecule has 5 heteroatoms. The molecule has 1 heterocycles. The Kier molecular flexibility index (Phi) is 4.76. The van der Waals surface area contributed by atoms with Crippen LogP contribution in [0.5, 0.6) is 11.5 Å². The summed E-state index contributed by atoms with van der Waals surface area (Å²) in [6.07, 6.45) is -0.797. The van der Waals surface area contributed by atoms with Gasteiger partial charge in [0.2, 0.25) is 0 Å². The zero-order chi connectivity index (χ0) is 17.3. The van der Waals surface area contributed by atoms with Gasteiger partial charge in [-0.2, -0.15) is 0 Å². The van der Waals surface area contributed by atoms with Crippen LogP contribution in [0.3, 0.4) is 0 Å². The topological polar surface area (TPSA) is 62.2 Å². The fraction of sp³-hybridized carbons (Fsp3) is 0.368. The van der Waals surface area contributed by atoms with E-state index in [1.165, 1.54) is 0 Å². The van der Waals surface area contributed by atoms with E-state index in [1.54, 1.807) is 14.2 Å². The molecule has 0 saturated heterocycles. The molecule has 3 rings (SSSR count). The van der Waals surface area contributed by atoms with Crippen LogP contribution in [0.15, 0.2) is 42.5 Å². The molecular formula is C19H23NO4. The van der Waals surface area contributed by atoms with Crippen molar-refractivity contribution in [3.05, 3.63) is 59.2 Å². The monoisotopic (exact) mass is 329 g/mol. The quantitative estimate of drug-likeness (QED) is 0.900. The molecule has 1 aliphatic heterocycles. The van der Waals surface area contributed by atoms with Crippen molar-refractivity contribution < 1.29 is 19.7 Å². The number of nitrogens with zero attached hydrogens (tertiary/aromatic N) is 1. The van der Waals surface area contributed by atoms with Crippen LogP contribution in [0.25, 0.3) is 0 Å². The highest BCUT2D eigenvalue weighted by Gasteiger charge is 2.39. The van der Waals surface area contributed by atoms with E-state index in [0.717, 1.165) is 16.7 Å². The summed E-state index contributed by atoms with van der Waals surface area (Å²) in [5.74, 6) is 1.20. The van der Waals surface area contributed by atoms with Crippen LogP contribution in [0.2, 0.25) is 0 Å². The second-order valence-corrected chi connectivity index (χ2v) is 6.01. The number of hydrogen-bond donors (Lipinski definition) is 2. The minimum atomic E-state index is -0.797. The van der Waals surface area contributed by atoms with Gasteiger partial charge in [-0.05, 0) is 35.9 Å². The number of rotatable bonds is 4. The van der Waals surface area contributed by atoms with Crippen LogP contribution in [-0.4, -0.2) is 49.0 Å². The molecule has 0 aromatic heterocycles. The molecule has 0 amide bonds. The number of methoxy groups -OCH3 is 2. The predicted octanol–water partition coefficient (Wildman–Crippen LogP) is 2.13. The molecule has 2 aromatic carbocycles. The van der Waals surface area contributed by atoms with E-state index >= 15 is 0 Å². The molecular weight excluding hydrogens is 306 g/mol. The minimum Gasteiger partial charge on any atom is -0.493 e. The molecule has 0 spiro atoms. The molecule has 24 heavy (non-hydrogen) atoms. The maximum absolute atomic E-state index is 10.7. The van der Waals surface area contributed by atoms with Crippen molar-refractivity contribution in [1.82, 2.24) is 4.90 Å². The van der Waals surface area contributed by atoms with Gasteiger partial charge in [-0.3, -0.25) is 4.90 Å². The standard InChI is InChI=1S/C19H23NO4/c1-20-15(11-21)19(22)14-10-17(24-3)16(23-2)9-13(14)18(20)12-7-5-4-6-8-12/h4-10,15,18-19,21-22H,11H2,1-3H3/t15-,18-,19+/m0/s1. The van der Waals surface area contributed by atoms with E-state index in [2.05, 4.69) is 0 Å². The average molecular weight is 329 g/mol. The van der Waals surface area contributed by atoms with Crippen LogP contribution in [0.1, 0.15) is 28.8 Å². The summed E-state index contributed by atoms with van der Waals surface area (Å²) < 4.78 is 10.8. The van der Waals surface area contributed by atoms with Gasteiger partial charge in [0.15, 0.2) is 11.5 Å². The summed E-state index contributed by atoms with van der Waals surface area (Å²) in [6.45, 7) is -0.130. The summed E-state index contributed by atoms with van der Waals surface area (Å²) in [6, 6.07) is 13.3. The Balaban J connectivity index is 2.22. The molecule has 2 N–H and O–H groups in total. The fourth-order valence-corrected chi connectivity index (χ4v) is 3.52. The Morgan fingerprint density at radius 3 is 2.12 bits per heavy atom. The first-order valence-electron chi connectivity index (χ1n) is 7.94. The maximum Gasteiger partial charge on any atom is 0.161 e. The number of aliphatic hydroxyl groups excluding tert-OH is 2. The van der Waals surface area contributed by atoms with Crippen LogP contribution >= 0.6 is 0 Å². The fourth-order valence-electron chi connectivity index (χ4n) is 3.52. The van der Waals surface area contributed by atoms with E-state index in [9.17, 15) is 10.2 Å². The summed E-state index contributed by atoms with van der Waals surface area (Å²) in [5, 5.41) is 20.5. The Labute approximate surface area is 142 Å². The van der Waals surface area contributed by atoms with Crippen molar-refractivity contribution in [3.8, 4) is 11.5 Å². The lowest BCUT2D eigenvalue weighted by molar-refractivity contribution is -0.000417. The third kappa shape index (κ3) is 2.65. The number of aliphatic hydroxyl groups is 2. The van der Waals surface area contributed by atoms with E-state index in [-0.39, 0.29) is 18.7 Å². The SMILES string of the molecule is COc1cc2c(cc1OC)[C@@H](O)[C@H](CO)N(C)[C@H]2c1ccccc1. The lowest BCUT2D eigenvalue weighted by atomic mass is 9.83. The third-order valence-corrected chi connectivity index (χ3v) is 4.80. The molecule has 0 saturated carbocycles. The van der Waals surface area contributed by atoms with Gasteiger partial charge in [0.05, 0.1) is 39.0 Å². The van der Waals surface area contributed by atoms with Crippen LogP contribution in [0, 0.1) is 0 Å². The molecule has 2 aromatic rings. The summed E-state index contributed by atoms with van der Waals surface area (Å²) >= 11 is 0. The summed E-state index contributed by atoms with van der Waals surface area (Å²) in [5.41, 5.74) is 2.82. The molecule has 1 aliphatic rings. The Bertz CT molecular complexity index is 704. The van der Waals surface area contributed by atoms with E-state index in [4.69, 9.17) is 9.47 Å². The van der Waals surface area contributed by atoms with Gasteiger partial charge in [0.1, 0.15) is 0 Å². The molecule has 5 nitrogen and oxygen atoms in total. The largest absolute Gasteiger partial charge is 0.493 e. The van der Waals surface area contributed by atoms with Crippen molar-refractivity contribution in [1.29, 1.82) is 0 Å². The second-order valence-electron chi connectivity index (χ2n) is 6.01. The van der Waals surface area contributed by atoms with Crippen molar-refractivity contribution in [3.63, 3.8) is 0 Å². The number of hydrogen-bond acceptors (Lipinski definition) is 5. The average Bonchev–Trinajstić information content (AvgIpc) is 2.62. The zero-order valence-corrected chi connectivity index (χ0v) is 14.1. The van der Waals surface area contributed by atoms with Gasteiger partial charge in [0.25, 0.3) is 0 Å². The molecule has 3 atom stereocenters. The van der Waals surface area contributed by atoms with Gasteiger partial charge in [0, 0.05) is 0 Å². The normalized spacial score (nSPS) is 23.6. The third-order valence-electron chi connectivity index (χ3n) is 4.80. The van der Waals surface area contributed by atoms with Crippen LogP contribution in [-0.2, 0) is 0 Å². The lowest BCUT2D eigenvalue weighted by Crippen LogP contribution is -2.46. The number of benzene rings is 2. The smallest absolute Gasteiger partial charge is 0.161 e. The molecule has 0 unspecified atom stereocenters. The van der Waals surface area contributed by atoms with Crippen LogP contribution < -0.4 is 9.47 Å². The zero-order valence-electron chi connectivity index (χ0n) is 14.1. The molecule has 128 valence electrons. The highest BCUT2D eigenvalue weighted by molar-refractivity contribution is 5.52. The highest BCUT2D eigenvalue weighted by Crippen LogP contribution is 2.45. The number of ether oxygens (including phenoxy) is 2. The van der Waals surface area contributed by atoms with Crippen molar-refractivity contribution in [2.24, 2.45) is 0 Å². The summed E-state index contributed by atoms with van der Waals surface area (Å²) in [4.78, 5) is 2.01. The molecule has 0 bridgehead atoms. The predicted molar refractivity (Wildman–Crippen MR) is 91.4 cm³/mol. The number of fused-ring (bicyclic) bond motifs is 1. The summed E-state index contributed by atoms with van der Waals surface area (Å²) in [7, 11) is 5.09. The van der Waals surface area contributed by atoms with Gasteiger partial charge in [-0.25, -0.2) is 0 Å². The van der Waals surface area contributed by atoms with E-state index in [1.807, 2.05) is 54.4 Å². The minimum absolute atomic E-state index is 0.0819. The van der Waals surface area contributed by atoms with E-state index < -0.39 is 6.10 Å². The molecule has 0 radical (unpaired) electrons. The highest BCUT2D eigenvalue weighted by atomic mass is 16.5. The molecule has 0 fully saturated rings. The van der Waals surface area contributed by atoms with Crippen molar-refractivity contribution in [2.75, 3.05) is 27.9 Å². The Morgan fingerprint density at radius 1 is 1.00 bits per heavy atom. The Morgan fingerprint density at radius 2 is 1.58 bits per heavy atom. The number of likely N-dealkylation sites (N-methyl/N-ethyl adjacent to an activating group) is 1. The first-order valence-corrected chi connectivity index (χ1v) is 7.94. The van der Waals surface area contributed by atoms with Gasteiger partial charge in [-0.15, -0.1) is 0 Å². The van der Waals surface area contributed by atoms with E-state index in [0.29, 0.717) is 11.5 Å². The lowest BCUT2D eigenvalue weighted by Gasteiger charge is -2.43. The van der Waals surface area contributed by atoms with Gasteiger partial charge >= 0.3 is 0 Å². The molecule has 0 aliphatic carbocycles. The van der Waals surface area contributed by atoms with Crippen LogP contribution in [0.4, 0.5) is 0 Å². The van der Waals surface area contributed by atoms with Crippen molar-refractivity contribution in [2.45, 2.75) is 18.2 Å². The first kappa shape index (κ1) is 16.8. The maximum atomic E-state index is 10.7. The van der Waals surface area contributed by atoms with Crippen molar-refractivity contribution >= 4 is 0 Å². The van der Waals surface area contributed by atoms with Gasteiger partial charge in [-0.1, -0.05) is 30.3 Å². The Hall–Kier alpha value is -2.08. The van der Waals surface area contributed by atoms with Gasteiger partial charge < -0.3 is 19.7 Å².